The number of rotatable bonds is 4. The van der Waals surface area contributed by atoms with Gasteiger partial charge in [0, 0.05) is 17.6 Å². The van der Waals surface area contributed by atoms with Crippen molar-refractivity contribution in [2.45, 2.75) is 31.8 Å². The molecule has 2 heterocycles. The lowest BCUT2D eigenvalue weighted by molar-refractivity contribution is -0.126. The summed E-state index contributed by atoms with van der Waals surface area (Å²) in [6, 6.07) is 7.02. The summed E-state index contributed by atoms with van der Waals surface area (Å²) in [5, 5.41) is 2.81. The van der Waals surface area contributed by atoms with Crippen LogP contribution in [0, 0.1) is 5.82 Å². The molecule has 1 N–H and O–H groups in total. The monoisotopic (exact) mass is 408 g/mol. The Labute approximate surface area is 153 Å². The van der Waals surface area contributed by atoms with Crippen LogP contribution in [0.15, 0.2) is 45.5 Å². The topological polar surface area (TPSA) is 62.6 Å². The first-order chi connectivity index (χ1) is 12.1. The molecule has 1 aliphatic rings. The Morgan fingerprint density at radius 1 is 1.32 bits per heavy atom. The average Bonchev–Trinajstić information content (AvgIpc) is 3.16. The van der Waals surface area contributed by atoms with E-state index < -0.39 is 6.04 Å². The number of benzene rings is 1. The number of nitrogens with zero attached hydrogens (tertiary/aromatic N) is 1. The van der Waals surface area contributed by atoms with Crippen LogP contribution in [-0.2, 0) is 11.3 Å². The number of furan rings is 1. The number of nitrogens with one attached hydrogen (secondary N) is 1. The van der Waals surface area contributed by atoms with E-state index in [9.17, 15) is 14.0 Å². The highest BCUT2D eigenvalue weighted by molar-refractivity contribution is 9.10. The van der Waals surface area contributed by atoms with E-state index in [0.717, 1.165) is 17.3 Å². The first-order valence-electron chi connectivity index (χ1n) is 8.12. The third-order valence-electron chi connectivity index (χ3n) is 4.26. The number of halogens is 2. The molecular formula is C18H18BrFN2O3. The van der Waals surface area contributed by atoms with Crippen molar-refractivity contribution < 1.29 is 18.4 Å². The van der Waals surface area contributed by atoms with E-state index in [1.165, 1.54) is 18.4 Å². The minimum Gasteiger partial charge on any atom is -0.459 e. The second-order valence-electron chi connectivity index (χ2n) is 5.94. The van der Waals surface area contributed by atoms with Crippen molar-refractivity contribution in [3.8, 4) is 0 Å². The largest absolute Gasteiger partial charge is 0.459 e. The van der Waals surface area contributed by atoms with Gasteiger partial charge in [0.1, 0.15) is 11.9 Å². The molecule has 1 atom stereocenters. The Kier molecular flexibility index (Phi) is 5.53. The van der Waals surface area contributed by atoms with E-state index in [1.807, 2.05) is 0 Å². The highest BCUT2D eigenvalue weighted by Gasteiger charge is 2.33. The predicted molar refractivity (Wildman–Crippen MR) is 93.3 cm³/mol. The minimum atomic E-state index is -0.543. The van der Waals surface area contributed by atoms with Crippen LogP contribution in [0.4, 0.5) is 4.39 Å². The van der Waals surface area contributed by atoms with Gasteiger partial charge in [0.25, 0.3) is 5.91 Å². The molecule has 0 aliphatic carbocycles. The third-order valence-corrected chi connectivity index (χ3v) is 5.03. The Balaban J connectivity index is 1.68. The molecule has 1 unspecified atom stereocenters. The lowest BCUT2D eigenvalue weighted by Gasteiger charge is -2.34. The fourth-order valence-electron chi connectivity index (χ4n) is 2.97. The molecule has 1 aromatic carbocycles. The van der Waals surface area contributed by atoms with Crippen LogP contribution < -0.4 is 5.32 Å². The van der Waals surface area contributed by atoms with Crippen LogP contribution in [0.1, 0.15) is 35.4 Å². The highest BCUT2D eigenvalue weighted by atomic mass is 79.9. The summed E-state index contributed by atoms with van der Waals surface area (Å²) < 4.78 is 19.2. The van der Waals surface area contributed by atoms with Crippen LogP contribution in [0.2, 0.25) is 0 Å². The number of hydrogen-bond acceptors (Lipinski definition) is 3. The Bertz CT molecular complexity index is 764. The molecular weight excluding hydrogens is 391 g/mol. The fourth-order valence-corrected chi connectivity index (χ4v) is 3.35. The van der Waals surface area contributed by atoms with E-state index in [-0.39, 0.29) is 29.9 Å². The first-order valence-corrected chi connectivity index (χ1v) is 8.91. The van der Waals surface area contributed by atoms with Crippen molar-refractivity contribution in [3.63, 3.8) is 0 Å². The maximum absolute atomic E-state index is 13.4. The zero-order chi connectivity index (χ0) is 17.8. The van der Waals surface area contributed by atoms with Crippen LogP contribution in [-0.4, -0.2) is 29.3 Å². The van der Waals surface area contributed by atoms with Crippen LogP contribution in [0.3, 0.4) is 0 Å². The van der Waals surface area contributed by atoms with Crippen LogP contribution in [0.25, 0.3) is 0 Å². The van der Waals surface area contributed by atoms with Crippen molar-refractivity contribution in [3.05, 3.63) is 58.2 Å². The van der Waals surface area contributed by atoms with Crippen molar-refractivity contribution in [2.75, 3.05) is 6.54 Å². The summed E-state index contributed by atoms with van der Waals surface area (Å²) in [4.78, 5) is 26.7. The molecule has 1 saturated heterocycles. The first kappa shape index (κ1) is 17.7. The van der Waals surface area contributed by atoms with Crippen molar-refractivity contribution >= 4 is 27.7 Å². The van der Waals surface area contributed by atoms with Gasteiger partial charge in [-0.3, -0.25) is 9.59 Å². The molecule has 1 fully saturated rings. The highest BCUT2D eigenvalue weighted by Crippen LogP contribution is 2.21. The molecule has 0 bridgehead atoms. The summed E-state index contributed by atoms with van der Waals surface area (Å²) in [5.74, 6) is -0.653. The van der Waals surface area contributed by atoms with Gasteiger partial charge in [0.05, 0.1) is 6.26 Å². The zero-order valence-corrected chi connectivity index (χ0v) is 15.1. The van der Waals surface area contributed by atoms with Gasteiger partial charge in [-0.25, -0.2) is 4.39 Å². The minimum absolute atomic E-state index is 0.191. The summed E-state index contributed by atoms with van der Waals surface area (Å²) >= 11 is 3.34. The Morgan fingerprint density at radius 3 is 2.92 bits per heavy atom. The van der Waals surface area contributed by atoms with E-state index in [2.05, 4.69) is 21.2 Å². The van der Waals surface area contributed by atoms with Gasteiger partial charge in [-0.1, -0.05) is 15.9 Å². The number of amides is 2. The number of carbonyl (C=O) groups is 2. The molecule has 0 spiro atoms. The van der Waals surface area contributed by atoms with Gasteiger partial charge < -0.3 is 14.6 Å². The van der Waals surface area contributed by atoms with E-state index in [4.69, 9.17) is 4.42 Å². The molecule has 1 aliphatic heterocycles. The normalized spacial score (nSPS) is 17.4. The molecule has 132 valence electrons. The number of hydrogen-bond donors (Lipinski definition) is 1. The van der Waals surface area contributed by atoms with Gasteiger partial charge in [-0.2, -0.15) is 0 Å². The molecule has 0 radical (unpaired) electrons. The van der Waals surface area contributed by atoms with Gasteiger partial charge in [-0.05, 0) is 55.2 Å². The number of likely N-dealkylation sites (tertiary alicyclic amines) is 1. The Morgan fingerprint density at radius 2 is 2.16 bits per heavy atom. The summed E-state index contributed by atoms with van der Waals surface area (Å²) in [6.07, 6.45) is 3.77. The SMILES string of the molecule is O=C(NCc1cc(F)ccc1Br)C1CCCCN1C(=O)c1ccco1. The Hall–Kier alpha value is -2.15. The van der Waals surface area contributed by atoms with Gasteiger partial charge >= 0.3 is 0 Å². The van der Waals surface area contributed by atoms with Gasteiger partial charge in [-0.15, -0.1) is 0 Å². The van der Waals surface area contributed by atoms with Crippen molar-refractivity contribution in [1.29, 1.82) is 0 Å². The molecule has 2 amide bonds. The zero-order valence-electron chi connectivity index (χ0n) is 13.5. The fraction of sp³-hybridized carbons (Fsp3) is 0.333. The molecule has 25 heavy (non-hydrogen) atoms. The predicted octanol–water partition coefficient (Wildman–Crippen LogP) is 3.49. The molecule has 1 aromatic heterocycles. The molecule has 5 nitrogen and oxygen atoms in total. The summed E-state index contributed by atoms with van der Waals surface area (Å²) in [6.45, 7) is 0.706. The lowest BCUT2D eigenvalue weighted by Crippen LogP contribution is -2.51. The van der Waals surface area contributed by atoms with Gasteiger partial charge in [0.15, 0.2) is 5.76 Å². The number of piperidine rings is 1. The van der Waals surface area contributed by atoms with Crippen LogP contribution >= 0.6 is 15.9 Å². The smallest absolute Gasteiger partial charge is 0.290 e. The molecule has 0 saturated carbocycles. The maximum atomic E-state index is 13.4. The standard InChI is InChI=1S/C18H18BrFN2O3/c19-14-7-6-13(20)10-12(14)11-21-17(23)15-4-1-2-8-22(15)18(24)16-5-3-9-25-16/h3,5-7,9-10,15H,1-2,4,8,11H2,(H,21,23). The maximum Gasteiger partial charge on any atom is 0.290 e. The second kappa shape index (κ2) is 7.82. The van der Waals surface area contributed by atoms with E-state index >= 15 is 0 Å². The molecule has 3 rings (SSSR count). The summed E-state index contributed by atoms with van der Waals surface area (Å²) in [7, 11) is 0. The van der Waals surface area contributed by atoms with Crippen LogP contribution in [0.5, 0.6) is 0 Å². The van der Waals surface area contributed by atoms with Crippen molar-refractivity contribution in [1.82, 2.24) is 10.2 Å². The van der Waals surface area contributed by atoms with Crippen molar-refractivity contribution in [2.24, 2.45) is 0 Å². The molecule has 2 aromatic rings. The third kappa shape index (κ3) is 4.10. The van der Waals surface area contributed by atoms with Gasteiger partial charge in [0.2, 0.25) is 5.91 Å². The lowest BCUT2D eigenvalue weighted by atomic mass is 10.0. The summed E-state index contributed by atoms with van der Waals surface area (Å²) in [5.41, 5.74) is 0.646. The number of carbonyl (C=O) groups excluding carboxylic acids is 2. The van der Waals surface area contributed by atoms with E-state index in [1.54, 1.807) is 23.1 Å². The quantitative estimate of drug-likeness (QED) is 0.841. The van der Waals surface area contributed by atoms with E-state index in [0.29, 0.717) is 18.5 Å². The average molecular weight is 409 g/mol. The second-order valence-corrected chi connectivity index (χ2v) is 6.80. The molecule has 7 heteroatoms.